The average Bonchev–Trinajstić information content (AvgIpc) is 2.62. The highest BCUT2D eigenvalue weighted by Crippen LogP contribution is 2.13. The molecule has 0 saturated heterocycles. The highest BCUT2D eigenvalue weighted by Gasteiger charge is 2.04. The number of phenols is 1. The van der Waals surface area contributed by atoms with Crippen LogP contribution < -0.4 is 12.4 Å². The van der Waals surface area contributed by atoms with E-state index < -0.39 is 0 Å². The first-order valence-corrected chi connectivity index (χ1v) is 11.5. The first kappa shape index (κ1) is 29.5. The minimum atomic E-state index is 0. The number of halogens is 1. The molecular formula is C25H48ClNO. The summed E-state index contributed by atoms with van der Waals surface area (Å²) in [5.41, 5.74) is 0. The molecule has 1 aromatic rings. The lowest BCUT2D eigenvalue weighted by molar-refractivity contribution is -0.870. The number of quaternary nitrogens is 1. The van der Waals surface area contributed by atoms with E-state index in [9.17, 15) is 0 Å². The Labute approximate surface area is 182 Å². The number of para-hydroxylation sites is 1. The first-order valence-electron chi connectivity index (χ1n) is 11.5. The number of unbranched alkanes of at least 4 members (excludes halogenated alkanes) is 13. The molecule has 0 atom stereocenters. The molecule has 28 heavy (non-hydrogen) atoms. The number of aromatic hydroxyl groups is 1. The minimum absolute atomic E-state index is 0. The van der Waals surface area contributed by atoms with Crippen molar-refractivity contribution >= 4 is 0 Å². The molecule has 0 amide bonds. The van der Waals surface area contributed by atoms with Gasteiger partial charge in [-0.1, -0.05) is 102 Å². The van der Waals surface area contributed by atoms with Gasteiger partial charge in [-0.15, -0.1) is 0 Å². The summed E-state index contributed by atoms with van der Waals surface area (Å²) >= 11 is 0. The fraction of sp³-hybridized carbons (Fsp3) is 0.760. The van der Waals surface area contributed by atoms with E-state index in [-0.39, 0.29) is 12.4 Å². The second kappa shape index (κ2) is 21.0. The van der Waals surface area contributed by atoms with Crippen LogP contribution in [0.1, 0.15) is 96.8 Å². The van der Waals surface area contributed by atoms with Crippen molar-refractivity contribution in [3.63, 3.8) is 0 Å². The van der Waals surface area contributed by atoms with Gasteiger partial charge in [-0.3, -0.25) is 0 Å². The third-order valence-electron chi connectivity index (χ3n) is 4.94. The van der Waals surface area contributed by atoms with Crippen LogP contribution in [0.3, 0.4) is 0 Å². The van der Waals surface area contributed by atoms with Crippen LogP contribution in [0.15, 0.2) is 30.3 Å². The summed E-state index contributed by atoms with van der Waals surface area (Å²) in [4.78, 5) is 0. The van der Waals surface area contributed by atoms with Crippen molar-refractivity contribution in [1.82, 2.24) is 0 Å². The summed E-state index contributed by atoms with van der Waals surface area (Å²) in [5.74, 6) is 0.322. The molecule has 166 valence electrons. The van der Waals surface area contributed by atoms with Crippen molar-refractivity contribution < 1.29 is 22.0 Å². The van der Waals surface area contributed by atoms with Gasteiger partial charge in [0.1, 0.15) is 5.75 Å². The number of benzene rings is 1. The lowest BCUT2D eigenvalue weighted by Gasteiger charge is -2.23. The van der Waals surface area contributed by atoms with Crippen molar-refractivity contribution in [3.8, 4) is 5.75 Å². The number of hydrogen-bond acceptors (Lipinski definition) is 1. The Kier molecular flexibility index (Phi) is 22.1. The van der Waals surface area contributed by atoms with E-state index >= 15 is 0 Å². The van der Waals surface area contributed by atoms with E-state index in [0.717, 1.165) is 4.48 Å². The number of rotatable bonds is 15. The summed E-state index contributed by atoms with van der Waals surface area (Å²) < 4.78 is 1.12. The van der Waals surface area contributed by atoms with Crippen molar-refractivity contribution in [2.24, 2.45) is 0 Å². The zero-order valence-corrected chi connectivity index (χ0v) is 20.0. The molecule has 0 fully saturated rings. The Bertz CT molecular complexity index is 403. The summed E-state index contributed by atoms with van der Waals surface area (Å²) in [5, 5.41) is 8.63. The third-order valence-corrected chi connectivity index (χ3v) is 4.94. The van der Waals surface area contributed by atoms with Crippen LogP contribution in [-0.2, 0) is 0 Å². The zero-order valence-electron chi connectivity index (χ0n) is 19.3. The SMILES string of the molecule is CCCCCCCCCCCCCCCC[N+](C)(C)C.Oc1ccccc1.[Cl-]. The molecule has 3 heteroatoms. The standard InChI is InChI=1S/C19H42N.C6H6O.ClH/c1-5-6-7-8-9-10-11-12-13-14-15-16-17-18-19-20(2,3)4;7-6-4-2-1-3-5-6;/h5-19H2,1-4H3;1-5,7H;1H/q+1;;/p-1. The maximum atomic E-state index is 8.63. The van der Waals surface area contributed by atoms with Gasteiger partial charge < -0.3 is 22.0 Å². The number of hydrogen-bond donors (Lipinski definition) is 1. The molecule has 0 aliphatic carbocycles. The average molecular weight is 414 g/mol. The summed E-state index contributed by atoms with van der Waals surface area (Å²) in [6, 6.07) is 8.71. The summed E-state index contributed by atoms with van der Waals surface area (Å²) in [6.45, 7) is 3.63. The van der Waals surface area contributed by atoms with Crippen molar-refractivity contribution in [2.45, 2.75) is 96.8 Å². The highest BCUT2D eigenvalue weighted by atomic mass is 35.5. The zero-order chi connectivity index (χ0) is 20.2. The molecule has 0 aromatic heterocycles. The molecule has 0 aliphatic rings. The largest absolute Gasteiger partial charge is 1.00 e. The van der Waals surface area contributed by atoms with Gasteiger partial charge in [0, 0.05) is 0 Å². The van der Waals surface area contributed by atoms with E-state index in [4.69, 9.17) is 5.11 Å². The molecular weight excluding hydrogens is 366 g/mol. The van der Waals surface area contributed by atoms with Gasteiger partial charge in [-0.05, 0) is 25.0 Å². The van der Waals surface area contributed by atoms with Crippen LogP contribution >= 0.6 is 0 Å². The second-order valence-electron chi connectivity index (χ2n) is 8.95. The Morgan fingerprint density at radius 3 is 1.25 bits per heavy atom. The van der Waals surface area contributed by atoms with Gasteiger partial charge in [0.15, 0.2) is 0 Å². The fourth-order valence-electron chi connectivity index (χ4n) is 3.21. The Morgan fingerprint density at radius 1 is 0.607 bits per heavy atom. The number of phenolic OH excluding ortho intramolecular Hbond substituents is 1. The molecule has 0 aliphatic heterocycles. The van der Waals surface area contributed by atoms with Gasteiger partial charge in [-0.2, -0.15) is 0 Å². The van der Waals surface area contributed by atoms with Crippen LogP contribution in [0.4, 0.5) is 0 Å². The smallest absolute Gasteiger partial charge is 0.115 e. The molecule has 0 radical (unpaired) electrons. The molecule has 1 N–H and O–H groups in total. The van der Waals surface area contributed by atoms with Crippen molar-refractivity contribution in [2.75, 3.05) is 27.7 Å². The van der Waals surface area contributed by atoms with Gasteiger partial charge in [0.2, 0.25) is 0 Å². The van der Waals surface area contributed by atoms with Crippen LogP contribution in [0.2, 0.25) is 0 Å². The van der Waals surface area contributed by atoms with Crippen LogP contribution in [0.25, 0.3) is 0 Å². The summed E-state index contributed by atoms with van der Waals surface area (Å²) in [6.07, 6.45) is 20.4. The third kappa shape index (κ3) is 25.3. The molecule has 0 bridgehead atoms. The predicted octanol–water partition coefficient (Wildman–Crippen LogP) is 4.57. The van der Waals surface area contributed by atoms with Crippen molar-refractivity contribution in [3.05, 3.63) is 30.3 Å². The van der Waals surface area contributed by atoms with Gasteiger partial charge in [0.05, 0.1) is 27.7 Å². The van der Waals surface area contributed by atoms with E-state index in [0.29, 0.717) is 5.75 Å². The maximum Gasteiger partial charge on any atom is 0.115 e. The summed E-state index contributed by atoms with van der Waals surface area (Å²) in [7, 11) is 6.88. The fourth-order valence-corrected chi connectivity index (χ4v) is 3.21. The van der Waals surface area contributed by atoms with Gasteiger partial charge in [-0.25, -0.2) is 0 Å². The van der Waals surface area contributed by atoms with E-state index in [2.05, 4.69) is 28.1 Å². The lowest BCUT2D eigenvalue weighted by Crippen LogP contribution is -3.00. The predicted molar refractivity (Wildman–Crippen MR) is 121 cm³/mol. The first-order chi connectivity index (χ1) is 13.0. The van der Waals surface area contributed by atoms with Crippen molar-refractivity contribution in [1.29, 1.82) is 0 Å². The molecule has 0 spiro atoms. The molecule has 0 heterocycles. The highest BCUT2D eigenvalue weighted by molar-refractivity contribution is 5.18. The molecule has 1 rings (SSSR count). The maximum absolute atomic E-state index is 8.63. The van der Waals surface area contributed by atoms with Crippen LogP contribution in [0.5, 0.6) is 5.75 Å². The topological polar surface area (TPSA) is 20.2 Å². The van der Waals surface area contributed by atoms with E-state index in [1.54, 1.807) is 24.3 Å². The quantitative estimate of drug-likeness (QED) is 0.330. The Hall–Kier alpha value is -0.730. The van der Waals surface area contributed by atoms with Crippen LogP contribution in [0, 0.1) is 0 Å². The van der Waals surface area contributed by atoms with E-state index in [1.165, 1.54) is 96.4 Å². The number of nitrogens with zero attached hydrogens (tertiary/aromatic N) is 1. The second-order valence-corrected chi connectivity index (χ2v) is 8.95. The van der Waals surface area contributed by atoms with E-state index in [1.807, 2.05) is 6.07 Å². The Morgan fingerprint density at radius 2 is 0.964 bits per heavy atom. The molecule has 1 aromatic carbocycles. The normalized spacial score (nSPS) is 10.7. The van der Waals surface area contributed by atoms with Crippen LogP contribution in [-0.4, -0.2) is 37.3 Å². The lowest BCUT2D eigenvalue weighted by atomic mass is 10.0. The molecule has 0 saturated carbocycles. The molecule has 0 unspecified atom stereocenters. The monoisotopic (exact) mass is 413 g/mol. The van der Waals surface area contributed by atoms with Gasteiger partial charge >= 0.3 is 0 Å². The molecule has 2 nitrogen and oxygen atoms in total. The minimum Gasteiger partial charge on any atom is -1.00 e. The Balaban J connectivity index is 0. The van der Waals surface area contributed by atoms with Gasteiger partial charge in [0.25, 0.3) is 0 Å².